The highest BCUT2D eigenvalue weighted by Crippen LogP contribution is 2.17. The van der Waals surface area contributed by atoms with Crippen molar-refractivity contribution in [3.8, 4) is 0 Å². The summed E-state index contributed by atoms with van der Waals surface area (Å²) in [6.07, 6.45) is 5.30. The van der Waals surface area contributed by atoms with Crippen molar-refractivity contribution in [3.05, 3.63) is 0 Å². The Balaban J connectivity index is 2.25. The first-order valence-electron chi connectivity index (χ1n) is 6.73. The summed E-state index contributed by atoms with van der Waals surface area (Å²) in [4.78, 5) is 24.3. The van der Waals surface area contributed by atoms with Crippen LogP contribution in [0.2, 0.25) is 0 Å². The highest BCUT2D eigenvalue weighted by atomic mass is 16.4. The number of rotatable bonds is 7. The van der Waals surface area contributed by atoms with Crippen LogP contribution in [0, 0.1) is 0 Å². The summed E-state index contributed by atoms with van der Waals surface area (Å²) in [6, 6.07) is 0.145. The molecule has 0 aliphatic heterocycles. The molecule has 104 valence electrons. The summed E-state index contributed by atoms with van der Waals surface area (Å²) in [7, 11) is 1.86. The van der Waals surface area contributed by atoms with Crippen LogP contribution in [-0.4, -0.2) is 47.6 Å². The summed E-state index contributed by atoms with van der Waals surface area (Å²) in [5.74, 6) is -0.730. The van der Waals surface area contributed by atoms with Crippen LogP contribution in [0.3, 0.4) is 0 Å². The zero-order valence-corrected chi connectivity index (χ0v) is 11.3. The third-order valence-corrected chi connectivity index (χ3v) is 3.64. The molecule has 0 aromatic heterocycles. The fraction of sp³-hybridized carbons (Fsp3) is 0.846. The van der Waals surface area contributed by atoms with Gasteiger partial charge in [-0.3, -0.25) is 14.5 Å². The van der Waals surface area contributed by atoms with Crippen molar-refractivity contribution < 1.29 is 14.7 Å². The van der Waals surface area contributed by atoms with E-state index in [2.05, 4.69) is 5.32 Å². The number of likely N-dealkylation sites (N-methyl/N-ethyl adjacent to an activating group) is 1. The number of hydrogen-bond donors (Lipinski definition) is 2. The molecule has 0 heterocycles. The molecule has 1 rings (SSSR count). The van der Waals surface area contributed by atoms with Crippen molar-refractivity contribution in [2.45, 2.75) is 57.5 Å². The van der Waals surface area contributed by atoms with Gasteiger partial charge in [0.15, 0.2) is 0 Å². The van der Waals surface area contributed by atoms with Crippen molar-refractivity contribution >= 4 is 11.9 Å². The van der Waals surface area contributed by atoms with E-state index >= 15 is 0 Å². The summed E-state index contributed by atoms with van der Waals surface area (Å²) in [6.45, 7) is 2.50. The van der Waals surface area contributed by atoms with Crippen molar-refractivity contribution in [1.82, 2.24) is 10.2 Å². The van der Waals surface area contributed by atoms with Crippen molar-refractivity contribution in [2.24, 2.45) is 0 Å². The first-order valence-corrected chi connectivity index (χ1v) is 6.73. The van der Waals surface area contributed by atoms with Crippen molar-refractivity contribution in [2.75, 3.05) is 13.6 Å². The van der Waals surface area contributed by atoms with Gasteiger partial charge in [0.25, 0.3) is 0 Å². The lowest BCUT2D eigenvalue weighted by atomic mass is 10.2. The maximum atomic E-state index is 12.0. The van der Waals surface area contributed by atoms with E-state index in [1.165, 1.54) is 12.8 Å². The number of carbonyl (C=O) groups excluding carboxylic acids is 1. The Kier molecular flexibility index (Phi) is 6.12. The minimum atomic E-state index is -0.786. The number of carboxylic acid groups (broad SMARTS) is 1. The molecular formula is C13H24N2O3. The third kappa shape index (κ3) is 5.04. The molecule has 5 heteroatoms. The molecule has 0 radical (unpaired) electrons. The molecule has 18 heavy (non-hydrogen) atoms. The van der Waals surface area contributed by atoms with Crippen LogP contribution in [0.25, 0.3) is 0 Å². The van der Waals surface area contributed by atoms with Crippen LogP contribution in [-0.2, 0) is 9.59 Å². The maximum Gasteiger partial charge on any atom is 0.303 e. The van der Waals surface area contributed by atoms with Crippen LogP contribution in [0.4, 0.5) is 0 Å². The average Bonchev–Trinajstić information content (AvgIpc) is 2.80. The van der Waals surface area contributed by atoms with Gasteiger partial charge in [-0.1, -0.05) is 12.8 Å². The van der Waals surface area contributed by atoms with E-state index in [1.54, 1.807) is 0 Å². The third-order valence-electron chi connectivity index (χ3n) is 3.64. The Morgan fingerprint density at radius 2 is 2.00 bits per heavy atom. The Bertz CT molecular complexity index is 288. The predicted molar refractivity (Wildman–Crippen MR) is 69.4 cm³/mol. The lowest BCUT2D eigenvalue weighted by Gasteiger charge is -2.25. The summed E-state index contributed by atoms with van der Waals surface area (Å²) in [5.41, 5.74) is 0. The van der Waals surface area contributed by atoms with Crippen LogP contribution in [0.5, 0.6) is 0 Å². The normalized spacial score (nSPS) is 17.9. The highest BCUT2D eigenvalue weighted by Gasteiger charge is 2.22. The first kappa shape index (κ1) is 15.0. The predicted octanol–water partition coefficient (Wildman–Crippen LogP) is 1.23. The summed E-state index contributed by atoms with van der Waals surface area (Å²) >= 11 is 0. The molecule has 1 fully saturated rings. The molecule has 5 nitrogen and oxygen atoms in total. The Hall–Kier alpha value is -1.10. The largest absolute Gasteiger partial charge is 0.481 e. The fourth-order valence-electron chi connectivity index (χ4n) is 2.27. The van der Waals surface area contributed by atoms with E-state index in [0.717, 1.165) is 12.8 Å². The van der Waals surface area contributed by atoms with E-state index in [1.807, 2.05) is 18.9 Å². The monoisotopic (exact) mass is 256 g/mol. The quantitative estimate of drug-likeness (QED) is 0.719. The molecule has 0 aromatic carbocycles. The molecule has 0 bridgehead atoms. The SMILES string of the molecule is CC(C(=O)NC1CCCC1)N(C)CCCC(=O)O. The van der Waals surface area contributed by atoms with Gasteiger partial charge >= 0.3 is 5.97 Å². The van der Waals surface area contributed by atoms with E-state index < -0.39 is 5.97 Å². The lowest BCUT2D eigenvalue weighted by Crippen LogP contribution is -2.46. The smallest absolute Gasteiger partial charge is 0.303 e. The number of carbonyl (C=O) groups is 2. The van der Waals surface area contributed by atoms with E-state index in [-0.39, 0.29) is 18.4 Å². The summed E-state index contributed by atoms with van der Waals surface area (Å²) in [5, 5.41) is 11.6. The van der Waals surface area contributed by atoms with Gasteiger partial charge in [0.1, 0.15) is 0 Å². The zero-order chi connectivity index (χ0) is 13.5. The van der Waals surface area contributed by atoms with Crippen LogP contribution < -0.4 is 5.32 Å². The second-order valence-electron chi connectivity index (χ2n) is 5.14. The molecule has 1 aliphatic carbocycles. The maximum absolute atomic E-state index is 12.0. The minimum absolute atomic E-state index is 0.0553. The van der Waals surface area contributed by atoms with Gasteiger partial charge in [-0.15, -0.1) is 0 Å². The van der Waals surface area contributed by atoms with Crippen molar-refractivity contribution in [3.63, 3.8) is 0 Å². The van der Waals surface area contributed by atoms with E-state index in [0.29, 0.717) is 19.0 Å². The molecule has 1 aliphatic rings. The summed E-state index contributed by atoms with van der Waals surface area (Å²) < 4.78 is 0. The topological polar surface area (TPSA) is 69.6 Å². The molecule has 1 atom stereocenters. The van der Waals surface area contributed by atoms with Crippen LogP contribution >= 0.6 is 0 Å². The number of nitrogens with one attached hydrogen (secondary N) is 1. The highest BCUT2D eigenvalue weighted by molar-refractivity contribution is 5.81. The molecule has 1 amide bonds. The number of carboxylic acids is 1. The standard InChI is InChI=1S/C13H24N2O3/c1-10(15(2)9-5-8-12(16)17)13(18)14-11-6-3-4-7-11/h10-11H,3-9H2,1-2H3,(H,14,18)(H,16,17). The minimum Gasteiger partial charge on any atom is -0.481 e. The number of aliphatic carboxylic acids is 1. The van der Waals surface area contributed by atoms with Gasteiger partial charge in [-0.05, 0) is 39.8 Å². The van der Waals surface area contributed by atoms with Gasteiger partial charge in [-0.2, -0.15) is 0 Å². The lowest BCUT2D eigenvalue weighted by molar-refractivity contribution is -0.137. The van der Waals surface area contributed by atoms with Crippen molar-refractivity contribution in [1.29, 1.82) is 0 Å². The zero-order valence-electron chi connectivity index (χ0n) is 11.3. The number of nitrogens with zero attached hydrogens (tertiary/aromatic N) is 1. The first-order chi connectivity index (χ1) is 8.50. The Morgan fingerprint density at radius 3 is 2.56 bits per heavy atom. The molecule has 1 saturated carbocycles. The van der Waals surface area contributed by atoms with Gasteiger partial charge < -0.3 is 10.4 Å². The van der Waals surface area contributed by atoms with E-state index in [9.17, 15) is 9.59 Å². The Labute approximate surface area is 109 Å². The molecule has 1 unspecified atom stereocenters. The van der Waals surface area contributed by atoms with Gasteiger partial charge in [0.2, 0.25) is 5.91 Å². The molecule has 0 saturated heterocycles. The second-order valence-corrected chi connectivity index (χ2v) is 5.14. The van der Waals surface area contributed by atoms with Gasteiger partial charge in [0.05, 0.1) is 6.04 Å². The fourth-order valence-corrected chi connectivity index (χ4v) is 2.27. The molecular weight excluding hydrogens is 232 g/mol. The van der Waals surface area contributed by atoms with Crippen LogP contribution in [0.15, 0.2) is 0 Å². The van der Waals surface area contributed by atoms with Gasteiger partial charge in [-0.25, -0.2) is 0 Å². The average molecular weight is 256 g/mol. The number of hydrogen-bond acceptors (Lipinski definition) is 3. The Morgan fingerprint density at radius 1 is 1.39 bits per heavy atom. The van der Waals surface area contributed by atoms with Gasteiger partial charge in [0, 0.05) is 12.5 Å². The molecule has 0 aromatic rings. The number of amides is 1. The van der Waals surface area contributed by atoms with E-state index in [4.69, 9.17) is 5.11 Å². The van der Waals surface area contributed by atoms with Crippen LogP contribution in [0.1, 0.15) is 45.4 Å². The second kappa shape index (κ2) is 7.36. The molecule has 0 spiro atoms. The molecule has 2 N–H and O–H groups in total.